The van der Waals surface area contributed by atoms with Crippen LogP contribution in [0.15, 0.2) is 48.7 Å². The first-order valence-electron chi connectivity index (χ1n) is 12.2. The van der Waals surface area contributed by atoms with Gasteiger partial charge in [0.15, 0.2) is 11.5 Å². The van der Waals surface area contributed by atoms with Crippen LogP contribution < -0.4 is 5.32 Å². The molecule has 1 amide bonds. The molecule has 3 aromatic rings. The van der Waals surface area contributed by atoms with Crippen molar-refractivity contribution < 1.29 is 4.79 Å². The number of hydrogen-bond acceptors (Lipinski definition) is 5. The van der Waals surface area contributed by atoms with Gasteiger partial charge in [-0.3, -0.25) is 19.0 Å². The lowest BCUT2D eigenvalue weighted by atomic mass is 10.1. The Kier molecular flexibility index (Phi) is 6.42. The van der Waals surface area contributed by atoms with Gasteiger partial charge in [0, 0.05) is 45.0 Å². The van der Waals surface area contributed by atoms with Crippen molar-refractivity contribution in [1.82, 2.24) is 29.7 Å². The second-order valence-electron chi connectivity index (χ2n) is 9.75. The Morgan fingerprint density at radius 1 is 1.09 bits per heavy atom. The van der Waals surface area contributed by atoms with Gasteiger partial charge in [-0.1, -0.05) is 30.3 Å². The minimum absolute atomic E-state index is 0.0628. The molecule has 1 atom stereocenters. The molecule has 3 heterocycles. The quantitative estimate of drug-likeness (QED) is 0.576. The van der Waals surface area contributed by atoms with Crippen molar-refractivity contribution in [1.29, 1.82) is 0 Å². The van der Waals surface area contributed by atoms with Gasteiger partial charge in [0.05, 0.1) is 11.6 Å². The van der Waals surface area contributed by atoms with E-state index in [2.05, 4.69) is 51.3 Å². The van der Waals surface area contributed by atoms with E-state index in [1.54, 1.807) is 0 Å². The van der Waals surface area contributed by atoms with Crippen molar-refractivity contribution >= 4 is 11.6 Å². The van der Waals surface area contributed by atoms with Crippen LogP contribution in [-0.4, -0.2) is 69.1 Å². The summed E-state index contributed by atoms with van der Waals surface area (Å²) in [5.74, 6) is 1.74. The van der Waals surface area contributed by atoms with Gasteiger partial charge in [-0.15, -0.1) is 10.2 Å². The molecule has 1 N–H and O–H groups in total. The minimum Gasteiger partial charge on any atom is -0.352 e. The van der Waals surface area contributed by atoms with Gasteiger partial charge in [0.25, 0.3) is 5.91 Å². The molecule has 1 saturated heterocycles. The Labute approximate surface area is 195 Å². The molecule has 2 aromatic heterocycles. The molecule has 1 unspecified atom stereocenters. The van der Waals surface area contributed by atoms with Gasteiger partial charge in [-0.2, -0.15) is 0 Å². The highest BCUT2D eigenvalue weighted by molar-refractivity contribution is 5.94. The molecule has 2 aliphatic rings. The van der Waals surface area contributed by atoms with E-state index in [4.69, 9.17) is 0 Å². The molecule has 1 aromatic carbocycles. The third-order valence-corrected chi connectivity index (χ3v) is 6.91. The minimum atomic E-state index is -0.0628. The fourth-order valence-electron chi connectivity index (χ4n) is 4.87. The van der Waals surface area contributed by atoms with E-state index >= 15 is 0 Å². The topological polar surface area (TPSA) is 65.8 Å². The number of fused-ring (bicyclic) bond motifs is 1. The molecular formula is C26H34N6O. The summed E-state index contributed by atoms with van der Waals surface area (Å²) in [6.07, 6.45) is 5.45. The average Bonchev–Trinajstić information content (AvgIpc) is 3.54. The predicted molar refractivity (Wildman–Crippen MR) is 129 cm³/mol. The molecule has 174 valence electrons. The lowest BCUT2D eigenvalue weighted by Gasteiger charge is -2.42. The number of aromatic nitrogens is 3. The molecule has 7 nitrogen and oxygen atoms in total. The maximum absolute atomic E-state index is 12.9. The highest BCUT2D eigenvalue weighted by Gasteiger charge is 2.35. The third kappa shape index (κ3) is 5.09. The maximum Gasteiger partial charge on any atom is 0.252 e. The molecule has 2 fully saturated rings. The number of benzene rings is 1. The Morgan fingerprint density at radius 2 is 1.91 bits per heavy atom. The van der Waals surface area contributed by atoms with Crippen LogP contribution >= 0.6 is 0 Å². The number of nitrogens with zero attached hydrogens (tertiary/aromatic N) is 5. The molecular weight excluding hydrogens is 412 g/mol. The van der Waals surface area contributed by atoms with Crippen LogP contribution in [0.1, 0.15) is 54.5 Å². The van der Waals surface area contributed by atoms with Gasteiger partial charge < -0.3 is 5.32 Å². The smallest absolute Gasteiger partial charge is 0.252 e. The Hall–Kier alpha value is -2.77. The van der Waals surface area contributed by atoms with Crippen LogP contribution in [0.2, 0.25) is 0 Å². The Morgan fingerprint density at radius 3 is 2.67 bits per heavy atom. The third-order valence-electron chi connectivity index (χ3n) is 6.91. The van der Waals surface area contributed by atoms with E-state index in [0.717, 1.165) is 43.4 Å². The number of piperazine rings is 1. The molecule has 0 spiro atoms. The van der Waals surface area contributed by atoms with Crippen molar-refractivity contribution in [3.63, 3.8) is 0 Å². The highest BCUT2D eigenvalue weighted by atomic mass is 16.1. The summed E-state index contributed by atoms with van der Waals surface area (Å²) in [4.78, 5) is 18.0. The fourth-order valence-corrected chi connectivity index (χ4v) is 4.87. The summed E-state index contributed by atoms with van der Waals surface area (Å²) in [6.45, 7) is 9.39. The predicted octanol–water partition coefficient (Wildman–Crippen LogP) is 3.18. The standard InChI is InChI=1S/C26H34N6O/c1-19(2)31-15-14-30(16-21-8-9-21)18-23(31)25-29-28-24-11-10-22(17-32(24)25)26(33)27-13-12-20-6-4-3-5-7-20/h3-7,10-11,17,19,21,23H,8-9,12-16,18H2,1-2H3,(H,27,33). The SMILES string of the molecule is CC(C)N1CCN(CC2CC2)CC1c1nnc2ccc(C(=O)NCCc3ccccc3)cn12. The van der Waals surface area contributed by atoms with Crippen LogP contribution in [0, 0.1) is 5.92 Å². The number of nitrogens with one attached hydrogen (secondary N) is 1. The number of pyridine rings is 1. The average molecular weight is 447 g/mol. The Balaban J connectivity index is 1.33. The largest absolute Gasteiger partial charge is 0.352 e. The van der Waals surface area contributed by atoms with Gasteiger partial charge >= 0.3 is 0 Å². The lowest BCUT2D eigenvalue weighted by Crippen LogP contribution is -2.51. The molecule has 5 rings (SSSR count). The first kappa shape index (κ1) is 22.0. The van der Waals surface area contributed by atoms with Crippen molar-refractivity contribution in [3.8, 4) is 0 Å². The van der Waals surface area contributed by atoms with E-state index in [9.17, 15) is 4.79 Å². The lowest BCUT2D eigenvalue weighted by molar-refractivity contribution is 0.0437. The van der Waals surface area contributed by atoms with Gasteiger partial charge in [0.1, 0.15) is 0 Å². The number of hydrogen-bond donors (Lipinski definition) is 1. The zero-order valence-electron chi connectivity index (χ0n) is 19.7. The first-order valence-corrected chi connectivity index (χ1v) is 12.2. The van der Waals surface area contributed by atoms with Crippen molar-refractivity contribution in [2.45, 2.75) is 45.2 Å². The van der Waals surface area contributed by atoms with Gasteiger partial charge in [-0.25, -0.2) is 0 Å². The summed E-state index contributed by atoms with van der Waals surface area (Å²) in [5, 5.41) is 12.1. The molecule has 1 aliphatic carbocycles. The van der Waals surface area contributed by atoms with Crippen molar-refractivity contribution in [3.05, 3.63) is 65.6 Å². The van der Waals surface area contributed by atoms with E-state index in [0.29, 0.717) is 18.2 Å². The zero-order valence-corrected chi connectivity index (χ0v) is 19.7. The second-order valence-corrected chi connectivity index (χ2v) is 9.75. The first-order chi connectivity index (χ1) is 16.1. The molecule has 0 radical (unpaired) electrons. The summed E-state index contributed by atoms with van der Waals surface area (Å²) in [6, 6.07) is 14.5. The van der Waals surface area contributed by atoms with Gasteiger partial charge in [0.2, 0.25) is 0 Å². The molecule has 33 heavy (non-hydrogen) atoms. The van der Waals surface area contributed by atoms with E-state index in [1.807, 2.05) is 40.9 Å². The van der Waals surface area contributed by atoms with Crippen LogP contribution in [0.4, 0.5) is 0 Å². The molecule has 7 heteroatoms. The maximum atomic E-state index is 12.9. The molecule has 0 bridgehead atoms. The van der Waals surface area contributed by atoms with Crippen LogP contribution in [0.25, 0.3) is 5.65 Å². The van der Waals surface area contributed by atoms with E-state index < -0.39 is 0 Å². The van der Waals surface area contributed by atoms with Crippen LogP contribution in [0.5, 0.6) is 0 Å². The van der Waals surface area contributed by atoms with E-state index in [-0.39, 0.29) is 11.9 Å². The fraction of sp³-hybridized carbons (Fsp3) is 0.500. The summed E-state index contributed by atoms with van der Waals surface area (Å²) in [5.41, 5.74) is 2.64. The summed E-state index contributed by atoms with van der Waals surface area (Å²) >= 11 is 0. The molecule has 1 saturated carbocycles. The number of carbonyl (C=O) groups is 1. The second kappa shape index (κ2) is 9.61. The number of rotatable bonds is 8. The Bertz CT molecular complexity index is 1090. The van der Waals surface area contributed by atoms with Crippen molar-refractivity contribution in [2.75, 3.05) is 32.7 Å². The van der Waals surface area contributed by atoms with Gasteiger partial charge in [-0.05, 0) is 56.7 Å². The van der Waals surface area contributed by atoms with Crippen molar-refractivity contribution in [2.24, 2.45) is 5.92 Å². The summed E-state index contributed by atoms with van der Waals surface area (Å²) in [7, 11) is 0. The zero-order chi connectivity index (χ0) is 22.8. The van der Waals surface area contributed by atoms with Crippen LogP contribution in [-0.2, 0) is 6.42 Å². The van der Waals surface area contributed by atoms with E-state index in [1.165, 1.54) is 24.9 Å². The number of carbonyl (C=O) groups excluding carboxylic acids is 1. The molecule has 1 aliphatic heterocycles. The highest BCUT2D eigenvalue weighted by Crippen LogP contribution is 2.33. The summed E-state index contributed by atoms with van der Waals surface area (Å²) < 4.78 is 2.02. The van der Waals surface area contributed by atoms with Crippen LogP contribution in [0.3, 0.4) is 0 Å². The normalized spacial score (nSPS) is 19.9. The number of amides is 1. The monoisotopic (exact) mass is 446 g/mol.